The first kappa shape index (κ1) is 31.5. The zero-order chi connectivity index (χ0) is 23.4. The molecule has 0 saturated heterocycles. The molecule has 0 radical (unpaired) electrons. The van der Waals surface area contributed by atoms with Crippen LogP contribution in [0.3, 0.4) is 0 Å². The van der Waals surface area contributed by atoms with E-state index in [1.807, 2.05) is 0 Å². The third-order valence-electron chi connectivity index (χ3n) is 6.86. The molecule has 0 rings (SSSR count). The fourth-order valence-corrected chi connectivity index (χ4v) is 4.69. The summed E-state index contributed by atoms with van der Waals surface area (Å²) in [6.07, 6.45) is 36.2. The molecule has 0 aromatic heterocycles. The fourth-order valence-electron chi connectivity index (χ4n) is 4.69. The Kier molecular flexibility index (Phi) is 28.0. The predicted octanol–water partition coefficient (Wildman–Crippen LogP) is 11.2. The highest BCUT2D eigenvalue weighted by Gasteiger charge is 2.02. The highest BCUT2D eigenvalue weighted by Crippen LogP contribution is 2.15. The van der Waals surface area contributed by atoms with Crippen LogP contribution in [-0.4, -0.2) is 12.8 Å². The highest BCUT2D eigenvalue weighted by molar-refractivity contribution is 5.83. The van der Waals surface area contributed by atoms with E-state index in [9.17, 15) is 0 Å². The molecule has 0 aromatic carbocycles. The van der Waals surface area contributed by atoms with Gasteiger partial charge in [-0.15, -0.1) is 0 Å². The minimum Gasteiger partial charge on any atom is -0.399 e. The highest BCUT2D eigenvalue weighted by atomic mass is 16.6. The predicted molar refractivity (Wildman–Crippen MR) is 146 cm³/mol. The van der Waals surface area contributed by atoms with Gasteiger partial charge < -0.3 is 4.84 Å². The maximum Gasteiger partial charge on any atom is 0.106 e. The Morgan fingerprint density at radius 2 is 0.656 bits per heavy atom. The van der Waals surface area contributed by atoms with Crippen LogP contribution in [0.15, 0.2) is 5.16 Å². The van der Waals surface area contributed by atoms with Gasteiger partial charge in [0.1, 0.15) is 7.11 Å². The minimum absolute atomic E-state index is 1.14. The lowest BCUT2D eigenvalue weighted by atomic mass is 10.0. The number of oxime groups is 1. The molecule has 32 heavy (non-hydrogen) atoms. The van der Waals surface area contributed by atoms with E-state index in [0.29, 0.717) is 0 Å². The normalized spacial score (nSPS) is 11.9. The first-order valence-electron chi connectivity index (χ1n) is 14.9. The molecule has 192 valence electrons. The van der Waals surface area contributed by atoms with Gasteiger partial charge in [-0.25, -0.2) is 0 Å². The second-order valence-corrected chi connectivity index (χ2v) is 10.1. The van der Waals surface area contributed by atoms with E-state index in [4.69, 9.17) is 4.84 Å². The van der Waals surface area contributed by atoms with Crippen LogP contribution in [0.4, 0.5) is 0 Å². The van der Waals surface area contributed by atoms with E-state index >= 15 is 0 Å². The molecule has 2 nitrogen and oxygen atoms in total. The quantitative estimate of drug-likeness (QED) is 0.0691. The van der Waals surface area contributed by atoms with Crippen LogP contribution in [0.25, 0.3) is 0 Å². The van der Waals surface area contributed by atoms with Gasteiger partial charge in [-0.3, -0.25) is 0 Å². The van der Waals surface area contributed by atoms with Gasteiger partial charge in [-0.2, -0.15) is 0 Å². The standard InChI is InChI=1S/C30H61NO/c1-4-6-8-10-12-13-14-15-16-17-18-19-20-21-23-25-27-29-30(31-32-3)28-26-24-22-11-9-7-5-2/h4-29H2,1-3H3. The van der Waals surface area contributed by atoms with Crippen molar-refractivity contribution in [2.75, 3.05) is 7.11 Å². The van der Waals surface area contributed by atoms with Gasteiger partial charge in [0, 0.05) is 0 Å². The van der Waals surface area contributed by atoms with Crippen LogP contribution in [0.2, 0.25) is 0 Å². The molecule has 0 fully saturated rings. The molecule has 0 aliphatic rings. The van der Waals surface area contributed by atoms with E-state index in [0.717, 1.165) is 12.8 Å². The third kappa shape index (κ3) is 25.7. The summed E-state index contributed by atoms with van der Waals surface area (Å²) in [6.45, 7) is 4.58. The van der Waals surface area contributed by atoms with Gasteiger partial charge in [-0.1, -0.05) is 160 Å². The molecule has 0 bridgehead atoms. The number of rotatable bonds is 27. The van der Waals surface area contributed by atoms with Gasteiger partial charge in [0.15, 0.2) is 0 Å². The molecule has 0 saturated carbocycles. The summed E-state index contributed by atoms with van der Waals surface area (Å²) in [5, 5.41) is 4.30. The largest absolute Gasteiger partial charge is 0.399 e. The van der Waals surface area contributed by atoms with E-state index in [1.54, 1.807) is 7.11 Å². The number of nitrogens with zero attached hydrogens (tertiary/aromatic N) is 1. The van der Waals surface area contributed by atoms with Crippen molar-refractivity contribution in [2.24, 2.45) is 5.16 Å². The Balaban J connectivity index is 3.34. The fraction of sp³-hybridized carbons (Fsp3) is 0.967. The van der Waals surface area contributed by atoms with Crippen molar-refractivity contribution in [2.45, 2.75) is 181 Å². The van der Waals surface area contributed by atoms with Gasteiger partial charge in [0.25, 0.3) is 0 Å². The van der Waals surface area contributed by atoms with Crippen LogP contribution in [0, 0.1) is 0 Å². The van der Waals surface area contributed by atoms with E-state index < -0.39 is 0 Å². The van der Waals surface area contributed by atoms with Crippen LogP contribution < -0.4 is 0 Å². The molecule has 2 heteroatoms. The second-order valence-electron chi connectivity index (χ2n) is 10.1. The maximum atomic E-state index is 5.09. The monoisotopic (exact) mass is 451 g/mol. The lowest BCUT2D eigenvalue weighted by Gasteiger charge is -2.07. The van der Waals surface area contributed by atoms with Crippen molar-refractivity contribution in [3.8, 4) is 0 Å². The average molecular weight is 452 g/mol. The van der Waals surface area contributed by atoms with Crippen molar-refractivity contribution in [1.82, 2.24) is 0 Å². The zero-order valence-electron chi connectivity index (χ0n) is 22.7. The summed E-state index contributed by atoms with van der Waals surface area (Å²) in [4.78, 5) is 5.09. The van der Waals surface area contributed by atoms with Crippen molar-refractivity contribution in [3.63, 3.8) is 0 Å². The summed E-state index contributed by atoms with van der Waals surface area (Å²) < 4.78 is 0. The molecular formula is C30H61NO. The maximum absolute atomic E-state index is 5.09. The summed E-state index contributed by atoms with van der Waals surface area (Å²) in [5.41, 5.74) is 1.29. The first-order chi connectivity index (χ1) is 15.8. The second kappa shape index (κ2) is 28.5. The Labute approximate surface area is 203 Å². The van der Waals surface area contributed by atoms with Crippen molar-refractivity contribution in [1.29, 1.82) is 0 Å². The Morgan fingerprint density at radius 3 is 0.906 bits per heavy atom. The van der Waals surface area contributed by atoms with Crippen LogP contribution in [0.5, 0.6) is 0 Å². The average Bonchev–Trinajstić information content (AvgIpc) is 2.80. The van der Waals surface area contributed by atoms with E-state index in [2.05, 4.69) is 19.0 Å². The SMILES string of the molecule is CCCCCCCCCCCCCCCCCCCC(CCCCCCCCC)=NOC. The summed E-state index contributed by atoms with van der Waals surface area (Å²) in [5.74, 6) is 0. The molecule has 0 amide bonds. The topological polar surface area (TPSA) is 21.6 Å². The molecule has 0 atom stereocenters. The van der Waals surface area contributed by atoms with Gasteiger partial charge >= 0.3 is 0 Å². The van der Waals surface area contributed by atoms with E-state index in [-0.39, 0.29) is 0 Å². The molecular weight excluding hydrogens is 390 g/mol. The van der Waals surface area contributed by atoms with Crippen molar-refractivity contribution >= 4 is 5.71 Å². The van der Waals surface area contributed by atoms with Gasteiger partial charge in [-0.05, 0) is 25.7 Å². The third-order valence-corrected chi connectivity index (χ3v) is 6.86. The molecule has 0 unspecified atom stereocenters. The first-order valence-corrected chi connectivity index (χ1v) is 14.9. The van der Waals surface area contributed by atoms with E-state index in [1.165, 1.54) is 160 Å². The molecule has 0 spiro atoms. The number of unbranched alkanes of at least 4 members (excludes halogenated alkanes) is 22. The van der Waals surface area contributed by atoms with Gasteiger partial charge in [0.05, 0.1) is 5.71 Å². The van der Waals surface area contributed by atoms with Crippen molar-refractivity contribution < 1.29 is 4.84 Å². The Hall–Kier alpha value is -0.530. The summed E-state index contributed by atoms with van der Waals surface area (Å²) in [6, 6.07) is 0. The van der Waals surface area contributed by atoms with Crippen LogP contribution >= 0.6 is 0 Å². The number of hydrogen-bond acceptors (Lipinski definition) is 2. The molecule has 0 aliphatic carbocycles. The molecule has 0 heterocycles. The smallest absolute Gasteiger partial charge is 0.106 e. The Morgan fingerprint density at radius 1 is 0.406 bits per heavy atom. The Bertz CT molecular complexity index is 366. The molecule has 0 N–H and O–H groups in total. The minimum atomic E-state index is 1.14. The molecule has 0 aromatic rings. The van der Waals surface area contributed by atoms with Crippen LogP contribution in [-0.2, 0) is 4.84 Å². The summed E-state index contributed by atoms with van der Waals surface area (Å²) in [7, 11) is 1.69. The summed E-state index contributed by atoms with van der Waals surface area (Å²) >= 11 is 0. The zero-order valence-corrected chi connectivity index (χ0v) is 22.7. The van der Waals surface area contributed by atoms with Gasteiger partial charge in [0.2, 0.25) is 0 Å². The molecule has 0 aliphatic heterocycles. The number of hydrogen-bond donors (Lipinski definition) is 0. The van der Waals surface area contributed by atoms with Crippen LogP contribution in [0.1, 0.15) is 181 Å². The lowest BCUT2D eigenvalue weighted by molar-refractivity contribution is 0.211. The lowest BCUT2D eigenvalue weighted by Crippen LogP contribution is -2.00. The van der Waals surface area contributed by atoms with Crippen molar-refractivity contribution in [3.05, 3.63) is 0 Å².